The Labute approximate surface area is 230 Å². The molecule has 2 amide bonds. The van der Waals surface area contributed by atoms with E-state index in [4.69, 9.17) is 0 Å². The summed E-state index contributed by atoms with van der Waals surface area (Å²) in [4.78, 5) is 67.0. The maximum absolute atomic E-state index is 14.0. The van der Waals surface area contributed by atoms with Crippen LogP contribution in [-0.2, 0) is 19.2 Å². The second-order valence-electron chi connectivity index (χ2n) is 11.1. The first-order valence-corrected chi connectivity index (χ1v) is 13.2. The second-order valence-corrected chi connectivity index (χ2v) is 11.1. The number of allylic oxidation sites excluding steroid dienone is 6. The molecule has 0 aromatic heterocycles. The zero-order valence-corrected chi connectivity index (χ0v) is 22.2. The molecule has 202 valence electrons. The van der Waals surface area contributed by atoms with Crippen molar-refractivity contribution in [2.75, 3.05) is 4.90 Å². The number of anilines is 1. The van der Waals surface area contributed by atoms with E-state index in [-0.39, 0.29) is 41.4 Å². The Morgan fingerprint density at radius 3 is 2.33 bits per heavy atom. The molecule has 3 aliphatic carbocycles. The van der Waals surface area contributed by atoms with Gasteiger partial charge in [-0.25, -0.2) is 4.79 Å². The summed E-state index contributed by atoms with van der Waals surface area (Å²) in [5.41, 5.74) is 4.10. The molecule has 0 spiro atoms. The Morgan fingerprint density at radius 1 is 0.950 bits per heavy atom. The van der Waals surface area contributed by atoms with E-state index in [1.165, 1.54) is 30.3 Å². The predicted molar refractivity (Wildman–Crippen MR) is 145 cm³/mol. The first-order valence-electron chi connectivity index (χ1n) is 13.2. The highest BCUT2D eigenvalue weighted by Gasteiger charge is 2.56. The van der Waals surface area contributed by atoms with Crippen LogP contribution in [0.2, 0.25) is 0 Å². The van der Waals surface area contributed by atoms with Gasteiger partial charge in [0.05, 0.1) is 23.1 Å². The van der Waals surface area contributed by atoms with E-state index in [1.807, 2.05) is 18.2 Å². The van der Waals surface area contributed by atoms with Crippen LogP contribution in [0.3, 0.4) is 0 Å². The van der Waals surface area contributed by atoms with Crippen molar-refractivity contribution < 1.29 is 34.2 Å². The zero-order chi connectivity index (χ0) is 28.6. The molecule has 4 atom stereocenters. The number of aryl methyl sites for hydroxylation is 2. The monoisotopic (exact) mass is 537 g/mol. The van der Waals surface area contributed by atoms with E-state index < -0.39 is 41.5 Å². The topological polar surface area (TPSA) is 129 Å². The van der Waals surface area contributed by atoms with Gasteiger partial charge in [0.25, 0.3) is 0 Å². The minimum atomic E-state index is -1.17. The molecule has 2 N–H and O–H groups in total. The van der Waals surface area contributed by atoms with Crippen molar-refractivity contribution in [1.82, 2.24) is 0 Å². The van der Waals surface area contributed by atoms with Crippen molar-refractivity contribution in [3.8, 4) is 5.75 Å². The average molecular weight is 538 g/mol. The minimum absolute atomic E-state index is 0.0362. The van der Waals surface area contributed by atoms with Gasteiger partial charge >= 0.3 is 5.97 Å². The summed E-state index contributed by atoms with van der Waals surface area (Å²) in [7, 11) is 0. The summed E-state index contributed by atoms with van der Waals surface area (Å²) in [6.45, 7) is 5.16. The zero-order valence-electron chi connectivity index (χ0n) is 22.2. The molecule has 8 nitrogen and oxygen atoms in total. The van der Waals surface area contributed by atoms with Gasteiger partial charge in [-0.1, -0.05) is 29.8 Å². The maximum Gasteiger partial charge on any atom is 0.335 e. The van der Waals surface area contributed by atoms with Gasteiger partial charge in [-0.05, 0) is 80.5 Å². The maximum atomic E-state index is 14.0. The van der Waals surface area contributed by atoms with E-state index in [9.17, 15) is 34.2 Å². The van der Waals surface area contributed by atoms with Gasteiger partial charge in [0.2, 0.25) is 11.8 Å². The number of carboxylic acids is 1. The number of carboxylic acid groups (broad SMARTS) is 1. The van der Waals surface area contributed by atoms with Gasteiger partial charge in [-0.15, -0.1) is 0 Å². The van der Waals surface area contributed by atoms with Gasteiger partial charge < -0.3 is 10.2 Å². The number of aromatic hydroxyl groups is 1. The molecule has 2 aromatic rings. The molecule has 0 saturated carbocycles. The summed E-state index contributed by atoms with van der Waals surface area (Å²) in [6.07, 6.45) is 3.71. The van der Waals surface area contributed by atoms with Crippen molar-refractivity contribution in [1.29, 1.82) is 0 Å². The van der Waals surface area contributed by atoms with Crippen molar-refractivity contribution in [2.24, 2.45) is 17.8 Å². The first kappa shape index (κ1) is 25.7. The van der Waals surface area contributed by atoms with Crippen molar-refractivity contribution in [2.45, 2.75) is 39.5 Å². The molecule has 2 aromatic carbocycles. The molecule has 4 aliphatic rings. The van der Waals surface area contributed by atoms with Crippen molar-refractivity contribution in [3.05, 3.63) is 93.1 Å². The third-order valence-electron chi connectivity index (χ3n) is 8.76. The lowest BCUT2D eigenvalue weighted by atomic mass is 9.59. The number of rotatable bonds is 3. The Balaban J connectivity index is 1.49. The molecule has 0 bridgehead atoms. The number of ketones is 2. The quantitative estimate of drug-likeness (QED) is 0.339. The SMILES string of the molecule is CC1=CC(=O)C2=C(C1=O)C(c1cc(C)c(O)c(C)c1)C1=CCC3C(=O)N(c4cccc(C(=O)O)c4)C(=O)C3C1C2. The van der Waals surface area contributed by atoms with Crippen LogP contribution >= 0.6 is 0 Å². The van der Waals surface area contributed by atoms with Crippen LogP contribution in [0.5, 0.6) is 5.75 Å². The largest absolute Gasteiger partial charge is 0.507 e. The van der Waals surface area contributed by atoms with E-state index in [2.05, 4.69) is 0 Å². The lowest BCUT2D eigenvalue weighted by Crippen LogP contribution is -2.39. The lowest BCUT2D eigenvalue weighted by Gasteiger charge is -2.42. The Morgan fingerprint density at radius 2 is 1.65 bits per heavy atom. The number of nitrogens with zero attached hydrogens (tertiary/aromatic N) is 1. The van der Waals surface area contributed by atoms with Crippen molar-refractivity contribution >= 4 is 35.0 Å². The van der Waals surface area contributed by atoms with Gasteiger partial charge in [0.1, 0.15) is 5.75 Å². The summed E-state index contributed by atoms with van der Waals surface area (Å²) in [6, 6.07) is 9.36. The Bertz CT molecular complexity index is 1650. The molecule has 40 heavy (non-hydrogen) atoms. The standard InChI is InChI=1S/C32H27NO7/c1-14-9-18(10-15(2)28(14)35)25-20-7-8-21-26(22(20)13-23-24(34)11-16(3)29(36)27(23)25)31(38)33(30(21)37)19-6-4-5-17(12-19)32(39)40/h4-7,9-12,21-22,25-26,35H,8,13H2,1-3H3,(H,39,40). The fourth-order valence-corrected chi connectivity index (χ4v) is 6.93. The number of benzene rings is 2. The Hall–Kier alpha value is -4.59. The molecular formula is C32H27NO7. The number of hydrogen-bond donors (Lipinski definition) is 2. The lowest BCUT2D eigenvalue weighted by molar-refractivity contribution is -0.123. The highest BCUT2D eigenvalue weighted by molar-refractivity contribution is 6.25. The van der Waals surface area contributed by atoms with Crippen LogP contribution in [0.25, 0.3) is 0 Å². The van der Waals surface area contributed by atoms with Gasteiger partial charge in [0, 0.05) is 22.6 Å². The van der Waals surface area contributed by atoms with Crippen molar-refractivity contribution in [3.63, 3.8) is 0 Å². The highest BCUT2D eigenvalue weighted by Crippen LogP contribution is 2.55. The molecule has 1 saturated heterocycles. The van der Waals surface area contributed by atoms with E-state index in [0.29, 0.717) is 27.8 Å². The molecular weight excluding hydrogens is 510 g/mol. The van der Waals surface area contributed by atoms with Crippen LogP contribution in [0, 0.1) is 31.6 Å². The van der Waals surface area contributed by atoms with Crippen LogP contribution in [0.15, 0.2) is 70.8 Å². The molecule has 0 radical (unpaired) electrons. The predicted octanol–water partition coefficient (Wildman–Crippen LogP) is 4.34. The fraction of sp³-hybridized carbons (Fsp3) is 0.281. The number of fused-ring (bicyclic) bond motifs is 3. The van der Waals surface area contributed by atoms with Crippen LogP contribution < -0.4 is 4.90 Å². The molecule has 4 unspecified atom stereocenters. The molecule has 1 heterocycles. The fourth-order valence-electron chi connectivity index (χ4n) is 6.93. The second kappa shape index (κ2) is 8.98. The Kier molecular flexibility index (Phi) is 5.76. The molecule has 1 fully saturated rings. The number of aromatic carboxylic acids is 1. The first-order chi connectivity index (χ1) is 19.0. The van der Waals surface area contributed by atoms with Gasteiger partial charge in [-0.3, -0.25) is 24.1 Å². The number of phenols is 1. The number of imide groups is 1. The number of phenolic OH excluding ortho intramolecular Hbond substituents is 1. The summed E-state index contributed by atoms with van der Waals surface area (Å²) >= 11 is 0. The van der Waals surface area contributed by atoms with E-state index >= 15 is 0 Å². The highest BCUT2D eigenvalue weighted by atomic mass is 16.4. The minimum Gasteiger partial charge on any atom is -0.507 e. The summed E-state index contributed by atoms with van der Waals surface area (Å²) in [5.74, 6) is -4.85. The summed E-state index contributed by atoms with van der Waals surface area (Å²) < 4.78 is 0. The van der Waals surface area contributed by atoms with Crippen LogP contribution in [0.1, 0.15) is 52.7 Å². The number of carbonyl (C=O) groups excluding carboxylic acids is 4. The molecule has 8 heteroatoms. The van der Waals surface area contributed by atoms with Gasteiger partial charge in [0.15, 0.2) is 11.6 Å². The number of carbonyl (C=O) groups is 5. The number of Topliss-reactive ketones (excluding diaryl/α,β-unsaturated/α-hetero) is 1. The third-order valence-corrected chi connectivity index (χ3v) is 8.76. The molecule has 1 aliphatic heterocycles. The average Bonchev–Trinajstić information content (AvgIpc) is 3.18. The van der Waals surface area contributed by atoms with E-state index in [1.54, 1.807) is 20.8 Å². The third kappa shape index (κ3) is 3.62. The van der Waals surface area contributed by atoms with Crippen LogP contribution in [0.4, 0.5) is 5.69 Å². The number of amides is 2. The van der Waals surface area contributed by atoms with Gasteiger partial charge in [-0.2, -0.15) is 0 Å². The normalized spacial score (nSPS) is 25.8. The molecule has 6 rings (SSSR count). The number of hydrogen-bond acceptors (Lipinski definition) is 6. The smallest absolute Gasteiger partial charge is 0.335 e. The van der Waals surface area contributed by atoms with E-state index in [0.717, 1.165) is 16.0 Å². The van der Waals surface area contributed by atoms with Crippen LogP contribution in [-0.4, -0.2) is 39.6 Å². The summed E-state index contributed by atoms with van der Waals surface area (Å²) in [5, 5.41) is 19.9.